The average molecular weight is 1030 g/mol. The number of benzene rings is 8. The monoisotopic (exact) mass is 1030 g/mol. The molecule has 0 saturated heterocycles. The van der Waals surface area contributed by atoms with Gasteiger partial charge in [-0.1, -0.05) is 153 Å². The van der Waals surface area contributed by atoms with Gasteiger partial charge in [-0.15, -0.1) is 0 Å². The van der Waals surface area contributed by atoms with Crippen LogP contribution in [0.5, 0.6) is 5.75 Å². The van der Waals surface area contributed by atoms with E-state index in [-0.39, 0.29) is 60.4 Å². The van der Waals surface area contributed by atoms with Crippen LogP contribution >= 0.6 is 0 Å². The van der Waals surface area contributed by atoms with Crippen LogP contribution in [0.3, 0.4) is 0 Å². The molecule has 8 aromatic rings. The van der Waals surface area contributed by atoms with E-state index in [9.17, 15) is 35.0 Å². The Balaban J connectivity index is 0.000000224. The fraction of sp³-hybridized carbons (Fsp3) is 0.169. The van der Waals surface area contributed by atoms with E-state index in [1.54, 1.807) is 61.5 Å². The summed E-state index contributed by atoms with van der Waals surface area (Å²) in [5.41, 5.74) is 23.4. The summed E-state index contributed by atoms with van der Waals surface area (Å²) in [6.07, 6.45) is 2.24. The maximum atomic E-state index is 13.4. The molecule has 0 aliphatic heterocycles. The Morgan fingerprint density at radius 1 is 0.506 bits per heavy atom. The topological polar surface area (TPSA) is 214 Å². The van der Waals surface area contributed by atoms with E-state index in [0.29, 0.717) is 59.3 Å². The van der Waals surface area contributed by atoms with Gasteiger partial charge in [0.25, 0.3) is 17.5 Å². The average Bonchev–Trinajstić information content (AvgIpc) is 3.45. The summed E-state index contributed by atoms with van der Waals surface area (Å²) >= 11 is 0. The third kappa shape index (κ3) is 15.7. The molecular formula is C65H65N5O7. The number of aliphatic hydroxyl groups excluding tert-OH is 2. The normalized spacial score (nSPS) is 12.4. The largest absolute Gasteiger partial charge is 0.508 e. The first-order chi connectivity index (χ1) is 37.2. The van der Waals surface area contributed by atoms with Gasteiger partial charge < -0.3 is 37.4 Å². The molecule has 4 unspecified atom stereocenters. The van der Waals surface area contributed by atoms with Gasteiger partial charge in [-0.05, 0) is 143 Å². The number of hydrogen-bond acceptors (Lipinski definition) is 9. The molecule has 0 aromatic heterocycles. The number of carbonyl (C=O) groups is 2. The van der Waals surface area contributed by atoms with Crippen molar-refractivity contribution in [2.75, 3.05) is 13.2 Å². The van der Waals surface area contributed by atoms with Crippen molar-refractivity contribution in [3.63, 3.8) is 0 Å². The quantitative estimate of drug-likeness (QED) is 0.0269. The fourth-order valence-corrected chi connectivity index (χ4v) is 9.29. The first kappa shape index (κ1) is 55.6. The minimum atomic E-state index is -0.398. The van der Waals surface area contributed by atoms with Gasteiger partial charge in [-0.3, -0.25) is 19.7 Å². The van der Waals surface area contributed by atoms with E-state index in [1.165, 1.54) is 6.07 Å². The molecule has 8 rings (SSSR count). The lowest BCUT2D eigenvalue weighted by Gasteiger charge is -2.27. The number of nitrogens with two attached hydrogens (primary N) is 2. The molecule has 8 aromatic carbocycles. The molecule has 2 amide bonds. The van der Waals surface area contributed by atoms with Crippen molar-refractivity contribution in [2.45, 2.75) is 44.7 Å². The predicted octanol–water partition coefficient (Wildman–Crippen LogP) is 10.9. The third-order valence-corrected chi connectivity index (χ3v) is 13.6. The zero-order chi connectivity index (χ0) is 54.8. The van der Waals surface area contributed by atoms with Crippen molar-refractivity contribution < 1.29 is 29.8 Å². The van der Waals surface area contributed by atoms with Gasteiger partial charge in [-0.2, -0.15) is 0 Å². The zero-order valence-electron chi connectivity index (χ0n) is 43.1. The second kappa shape index (κ2) is 26.9. The highest BCUT2D eigenvalue weighted by molar-refractivity contribution is 5.95. The molecule has 0 heterocycles. The summed E-state index contributed by atoms with van der Waals surface area (Å²) in [6.45, 7) is 9.24. The molecule has 0 aliphatic rings. The molecule has 0 spiro atoms. The Morgan fingerprint density at radius 3 is 1.31 bits per heavy atom. The minimum Gasteiger partial charge on any atom is -0.508 e. The summed E-state index contributed by atoms with van der Waals surface area (Å²) in [5, 5.41) is 48.2. The van der Waals surface area contributed by atoms with Crippen LogP contribution < -0.4 is 22.1 Å². The van der Waals surface area contributed by atoms with Crippen molar-refractivity contribution in [1.29, 1.82) is 0 Å². The molecule has 0 radical (unpaired) electrons. The van der Waals surface area contributed by atoms with Crippen LogP contribution in [0.15, 0.2) is 213 Å². The van der Waals surface area contributed by atoms with Gasteiger partial charge >= 0.3 is 0 Å². The van der Waals surface area contributed by atoms with Crippen LogP contribution in [0.2, 0.25) is 0 Å². The first-order valence-electron chi connectivity index (χ1n) is 25.4. The maximum absolute atomic E-state index is 13.4. The highest BCUT2D eigenvalue weighted by Crippen LogP contribution is 2.31. The summed E-state index contributed by atoms with van der Waals surface area (Å²) in [4.78, 5) is 37.9. The van der Waals surface area contributed by atoms with Gasteiger partial charge in [0.15, 0.2) is 0 Å². The summed E-state index contributed by atoms with van der Waals surface area (Å²) in [7, 11) is 0. The number of carbonyl (C=O) groups excluding carboxylic acids is 2. The number of nitrogens with zero attached hydrogens (tertiary/aromatic N) is 1. The zero-order valence-corrected chi connectivity index (χ0v) is 43.1. The number of hydrogen-bond donors (Lipinski definition) is 7. The Kier molecular flexibility index (Phi) is 19.4. The number of aliphatic hydroxyl groups is 2. The SMILES string of the molecule is C=C(N)c1cccc(CC(CO)C(Cc2ccccc2)NC(=O)c2ccc(-c3ccc(C)cc3[N+](=O)[O-])cc2)c1.C=C(N)c1cccc(CC(CO)C(Cc2ccccc2)NC(=O)c2ccc(-c3ccc(O)cc3)cc2)c1. The van der Waals surface area contributed by atoms with E-state index < -0.39 is 4.92 Å². The minimum absolute atomic E-state index is 0.0215. The molecule has 0 saturated carbocycles. The van der Waals surface area contributed by atoms with Crippen molar-refractivity contribution >= 4 is 28.9 Å². The second-order valence-corrected chi connectivity index (χ2v) is 19.3. The van der Waals surface area contributed by atoms with Crippen LogP contribution in [0, 0.1) is 28.9 Å². The number of rotatable bonds is 21. The number of nitro benzene ring substituents is 1. The van der Waals surface area contributed by atoms with Crippen molar-refractivity contribution in [2.24, 2.45) is 23.3 Å². The van der Waals surface area contributed by atoms with Crippen molar-refractivity contribution in [3.8, 4) is 28.0 Å². The summed E-state index contributed by atoms with van der Waals surface area (Å²) in [5.74, 6) is -0.738. The van der Waals surface area contributed by atoms with Gasteiger partial charge in [0, 0.05) is 65.7 Å². The van der Waals surface area contributed by atoms with Gasteiger partial charge in [0.05, 0.1) is 10.5 Å². The summed E-state index contributed by atoms with van der Waals surface area (Å²) in [6, 6.07) is 60.8. The van der Waals surface area contributed by atoms with Crippen LogP contribution in [0.1, 0.15) is 59.7 Å². The predicted molar refractivity (Wildman–Crippen MR) is 307 cm³/mol. The van der Waals surface area contributed by atoms with Gasteiger partial charge in [0.1, 0.15) is 5.75 Å². The highest BCUT2D eigenvalue weighted by Gasteiger charge is 2.27. The Bertz CT molecular complexity index is 3270. The van der Waals surface area contributed by atoms with E-state index >= 15 is 0 Å². The lowest BCUT2D eigenvalue weighted by Crippen LogP contribution is -2.44. The van der Waals surface area contributed by atoms with E-state index in [4.69, 9.17) is 11.5 Å². The Hall–Kier alpha value is -9.10. The number of amides is 2. The van der Waals surface area contributed by atoms with E-state index in [1.807, 2.05) is 140 Å². The Labute approximate surface area is 450 Å². The number of phenols is 1. The van der Waals surface area contributed by atoms with Gasteiger partial charge in [0.2, 0.25) is 0 Å². The van der Waals surface area contributed by atoms with Crippen LogP contribution in [0.4, 0.5) is 5.69 Å². The van der Waals surface area contributed by atoms with Crippen LogP contribution in [-0.4, -0.2) is 57.4 Å². The summed E-state index contributed by atoms with van der Waals surface area (Å²) < 4.78 is 0. The lowest BCUT2D eigenvalue weighted by atomic mass is 9.88. The molecule has 77 heavy (non-hydrogen) atoms. The number of nitrogens with one attached hydrogen (secondary N) is 2. The molecule has 392 valence electrons. The lowest BCUT2D eigenvalue weighted by molar-refractivity contribution is -0.384. The molecule has 0 bridgehead atoms. The molecule has 9 N–H and O–H groups in total. The molecule has 0 aliphatic carbocycles. The molecule has 12 heteroatoms. The Morgan fingerprint density at radius 2 is 0.909 bits per heavy atom. The van der Waals surface area contributed by atoms with Crippen LogP contribution in [0.25, 0.3) is 33.6 Å². The first-order valence-corrected chi connectivity index (χ1v) is 25.4. The number of aryl methyl sites for hydroxylation is 1. The second-order valence-electron chi connectivity index (χ2n) is 19.3. The highest BCUT2D eigenvalue weighted by atomic mass is 16.6. The standard InChI is InChI=1S/C33H33N3O4.C32H32N2O3/c1-22-11-16-30(32(17-22)36(39)40)26-12-14-27(15-13-26)33(38)35-31(20-24-7-4-3-5-8-24)29(21-37)19-25-9-6-10-28(18-25)23(2)34;1-22(33)28-9-5-8-24(18-28)19-29(21-35)31(20-23-6-3-2-4-7-23)34-32(37)27-12-10-25(11-13-27)26-14-16-30(36)17-15-26/h3-18,29,31,37H,2,19-21,34H2,1H3,(H,35,38);2-18,29,31,35-36H,1,19-21,33H2,(H,34,37). The third-order valence-electron chi connectivity index (χ3n) is 13.6. The maximum Gasteiger partial charge on any atom is 0.277 e. The number of nitro groups is 1. The fourth-order valence-electron chi connectivity index (χ4n) is 9.29. The molecular weight excluding hydrogens is 963 g/mol. The van der Waals surface area contributed by atoms with Crippen molar-refractivity contribution in [1.82, 2.24) is 10.6 Å². The molecule has 12 nitrogen and oxygen atoms in total. The van der Waals surface area contributed by atoms with E-state index in [2.05, 4.69) is 23.8 Å². The van der Waals surface area contributed by atoms with Crippen LogP contribution in [-0.2, 0) is 25.7 Å². The smallest absolute Gasteiger partial charge is 0.277 e. The molecule has 0 fully saturated rings. The van der Waals surface area contributed by atoms with Gasteiger partial charge in [-0.25, -0.2) is 0 Å². The van der Waals surface area contributed by atoms with Crippen molar-refractivity contribution in [3.05, 3.63) is 274 Å². The molecule has 4 atom stereocenters. The van der Waals surface area contributed by atoms with E-state index in [0.717, 1.165) is 50.1 Å². The number of phenolic OH excluding ortho intramolecular Hbond substituents is 1. The number of aromatic hydroxyl groups is 1.